The smallest absolute Gasteiger partial charge is 0.251 e. The van der Waals surface area contributed by atoms with Crippen LogP contribution in [0.5, 0.6) is 0 Å². The summed E-state index contributed by atoms with van der Waals surface area (Å²) in [7, 11) is 1.70. The number of hydrogen-bond acceptors (Lipinski definition) is 2. The minimum absolute atomic E-state index is 0.0623. The maximum Gasteiger partial charge on any atom is 0.251 e. The van der Waals surface area contributed by atoms with E-state index in [2.05, 4.69) is 5.32 Å². The van der Waals surface area contributed by atoms with E-state index in [0.717, 1.165) is 0 Å². The molecular weight excluding hydrogens is 171 g/mol. The third-order valence-corrected chi connectivity index (χ3v) is 1.71. The minimum atomic E-state index is -0.740. The summed E-state index contributed by atoms with van der Waals surface area (Å²) < 4.78 is 13.4. The molecule has 13 heavy (non-hydrogen) atoms. The molecule has 1 rings (SSSR count). The standard InChI is InChI=1S/C9H11FN2O/c1-12-5-6-3-2-4-7(8(6)10)9(11)13/h2-4,12H,5H2,1H3,(H2,11,13). The average Bonchev–Trinajstić information content (AvgIpc) is 2.08. The van der Waals surface area contributed by atoms with Gasteiger partial charge in [0.2, 0.25) is 0 Å². The first-order chi connectivity index (χ1) is 6.16. The predicted molar refractivity (Wildman–Crippen MR) is 47.7 cm³/mol. The van der Waals surface area contributed by atoms with E-state index in [1.54, 1.807) is 19.2 Å². The molecule has 4 heteroatoms. The summed E-state index contributed by atoms with van der Waals surface area (Å²) in [6.45, 7) is 0.382. The van der Waals surface area contributed by atoms with E-state index in [1.807, 2.05) is 0 Å². The molecule has 0 fully saturated rings. The van der Waals surface area contributed by atoms with Gasteiger partial charge in [-0.1, -0.05) is 12.1 Å². The minimum Gasteiger partial charge on any atom is -0.366 e. The molecule has 0 unspecified atom stereocenters. The Balaban J connectivity index is 3.10. The van der Waals surface area contributed by atoms with Gasteiger partial charge in [-0.2, -0.15) is 0 Å². The molecule has 0 bridgehead atoms. The molecule has 3 N–H and O–H groups in total. The molecule has 1 amide bonds. The topological polar surface area (TPSA) is 55.1 Å². The van der Waals surface area contributed by atoms with Gasteiger partial charge in [-0.05, 0) is 13.1 Å². The Labute approximate surface area is 75.7 Å². The van der Waals surface area contributed by atoms with Crippen molar-refractivity contribution in [2.75, 3.05) is 7.05 Å². The number of carbonyl (C=O) groups excluding carboxylic acids is 1. The molecule has 1 aromatic carbocycles. The zero-order valence-electron chi connectivity index (χ0n) is 7.30. The maximum atomic E-state index is 13.4. The molecule has 0 saturated heterocycles. The molecule has 0 aromatic heterocycles. The SMILES string of the molecule is CNCc1cccc(C(N)=O)c1F. The van der Waals surface area contributed by atoms with Crippen LogP contribution in [0.15, 0.2) is 18.2 Å². The average molecular weight is 182 g/mol. The van der Waals surface area contributed by atoms with Gasteiger partial charge in [-0.3, -0.25) is 4.79 Å². The normalized spacial score (nSPS) is 10.0. The second-order valence-electron chi connectivity index (χ2n) is 2.67. The van der Waals surface area contributed by atoms with Gasteiger partial charge in [0.25, 0.3) is 5.91 Å². The van der Waals surface area contributed by atoms with E-state index in [9.17, 15) is 9.18 Å². The van der Waals surface area contributed by atoms with Crippen LogP contribution in [-0.4, -0.2) is 13.0 Å². The van der Waals surface area contributed by atoms with Crippen LogP contribution in [-0.2, 0) is 6.54 Å². The van der Waals surface area contributed by atoms with Crippen molar-refractivity contribution in [3.05, 3.63) is 35.1 Å². The molecule has 70 valence electrons. The van der Waals surface area contributed by atoms with Crippen molar-refractivity contribution in [3.8, 4) is 0 Å². The lowest BCUT2D eigenvalue weighted by Gasteiger charge is -2.04. The van der Waals surface area contributed by atoms with Crippen molar-refractivity contribution < 1.29 is 9.18 Å². The first-order valence-electron chi connectivity index (χ1n) is 3.88. The molecule has 1 aromatic rings. The first kappa shape index (κ1) is 9.67. The van der Waals surface area contributed by atoms with Crippen LogP contribution in [0.4, 0.5) is 4.39 Å². The summed E-state index contributed by atoms with van der Waals surface area (Å²) in [4.78, 5) is 10.7. The van der Waals surface area contributed by atoms with E-state index in [-0.39, 0.29) is 5.56 Å². The van der Waals surface area contributed by atoms with Crippen LogP contribution in [0.2, 0.25) is 0 Å². The van der Waals surface area contributed by atoms with Crippen LogP contribution < -0.4 is 11.1 Å². The monoisotopic (exact) mass is 182 g/mol. The highest BCUT2D eigenvalue weighted by atomic mass is 19.1. The lowest BCUT2D eigenvalue weighted by atomic mass is 10.1. The Morgan fingerprint density at radius 2 is 2.31 bits per heavy atom. The van der Waals surface area contributed by atoms with Crippen LogP contribution in [0.25, 0.3) is 0 Å². The summed E-state index contributed by atoms with van der Waals surface area (Å²) in [5.74, 6) is -1.28. The fraction of sp³-hybridized carbons (Fsp3) is 0.222. The molecule has 0 aliphatic rings. The number of hydrogen-bond donors (Lipinski definition) is 2. The van der Waals surface area contributed by atoms with Crippen molar-refractivity contribution in [1.82, 2.24) is 5.32 Å². The van der Waals surface area contributed by atoms with Crippen LogP contribution in [0.1, 0.15) is 15.9 Å². The summed E-state index contributed by atoms with van der Waals surface area (Å²) in [5.41, 5.74) is 5.36. The number of primary amides is 1. The van der Waals surface area contributed by atoms with Gasteiger partial charge in [0.15, 0.2) is 0 Å². The summed E-state index contributed by atoms with van der Waals surface area (Å²) in [6.07, 6.45) is 0. The molecule has 0 saturated carbocycles. The number of halogens is 1. The quantitative estimate of drug-likeness (QED) is 0.720. The highest BCUT2D eigenvalue weighted by Gasteiger charge is 2.10. The lowest BCUT2D eigenvalue weighted by molar-refractivity contribution is 0.0996. The van der Waals surface area contributed by atoms with Crippen molar-refractivity contribution in [1.29, 1.82) is 0 Å². The number of carbonyl (C=O) groups is 1. The van der Waals surface area contributed by atoms with Crippen LogP contribution in [0, 0.1) is 5.82 Å². The molecule has 0 radical (unpaired) electrons. The summed E-state index contributed by atoms with van der Waals surface area (Å²) in [6, 6.07) is 4.59. The Morgan fingerprint density at radius 3 is 2.85 bits per heavy atom. The van der Waals surface area contributed by atoms with Gasteiger partial charge in [-0.15, -0.1) is 0 Å². The van der Waals surface area contributed by atoms with E-state index in [1.165, 1.54) is 6.07 Å². The van der Waals surface area contributed by atoms with Gasteiger partial charge in [0.05, 0.1) is 5.56 Å². The van der Waals surface area contributed by atoms with Gasteiger partial charge in [0, 0.05) is 12.1 Å². The Hall–Kier alpha value is -1.42. The first-order valence-corrected chi connectivity index (χ1v) is 3.88. The highest BCUT2D eigenvalue weighted by molar-refractivity contribution is 5.93. The summed E-state index contributed by atoms with van der Waals surface area (Å²) in [5, 5.41) is 2.80. The molecule has 0 heterocycles. The maximum absolute atomic E-state index is 13.4. The van der Waals surface area contributed by atoms with E-state index in [4.69, 9.17) is 5.73 Å². The Morgan fingerprint density at radius 1 is 1.62 bits per heavy atom. The number of nitrogens with two attached hydrogens (primary N) is 1. The number of benzene rings is 1. The molecule has 3 nitrogen and oxygen atoms in total. The van der Waals surface area contributed by atoms with Crippen LogP contribution >= 0.6 is 0 Å². The second-order valence-corrected chi connectivity index (χ2v) is 2.67. The number of amides is 1. The van der Waals surface area contributed by atoms with E-state index >= 15 is 0 Å². The van der Waals surface area contributed by atoms with Gasteiger partial charge < -0.3 is 11.1 Å². The van der Waals surface area contributed by atoms with Crippen molar-refractivity contribution in [3.63, 3.8) is 0 Å². The highest BCUT2D eigenvalue weighted by Crippen LogP contribution is 2.11. The van der Waals surface area contributed by atoms with Gasteiger partial charge >= 0.3 is 0 Å². The van der Waals surface area contributed by atoms with Crippen molar-refractivity contribution in [2.45, 2.75) is 6.54 Å². The molecule has 0 atom stereocenters. The molecule has 0 spiro atoms. The van der Waals surface area contributed by atoms with E-state index < -0.39 is 11.7 Å². The third kappa shape index (κ3) is 2.03. The van der Waals surface area contributed by atoms with E-state index in [0.29, 0.717) is 12.1 Å². The van der Waals surface area contributed by atoms with Gasteiger partial charge in [-0.25, -0.2) is 4.39 Å². The predicted octanol–water partition coefficient (Wildman–Crippen LogP) is 0.644. The fourth-order valence-electron chi connectivity index (χ4n) is 1.10. The third-order valence-electron chi connectivity index (χ3n) is 1.71. The second kappa shape index (κ2) is 4.00. The Bertz CT molecular complexity index is 325. The largest absolute Gasteiger partial charge is 0.366 e. The zero-order valence-corrected chi connectivity index (χ0v) is 7.30. The van der Waals surface area contributed by atoms with Crippen LogP contribution in [0.3, 0.4) is 0 Å². The van der Waals surface area contributed by atoms with Gasteiger partial charge in [0.1, 0.15) is 5.82 Å². The molecular formula is C9H11FN2O. The zero-order chi connectivity index (χ0) is 9.84. The number of rotatable bonds is 3. The number of nitrogens with one attached hydrogen (secondary N) is 1. The molecule has 0 aliphatic carbocycles. The summed E-state index contributed by atoms with van der Waals surface area (Å²) >= 11 is 0. The van der Waals surface area contributed by atoms with Crippen molar-refractivity contribution >= 4 is 5.91 Å². The van der Waals surface area contributed by atoms with Crippen molar-refractivity contribution in [2.24, 2.45) is 5.73 Å². The fourth-order valence-corrected chi connectivity index (χ4v) is 1.10. The Kier molecular flexibility index (Phi) is 2.97. The molecule has 0 aliphatic heterocycles. The lowest BCUT2D eigenvalue weighted by Crippen LogP contribution is -2.16.